The molecular weight excluding hydrogens is 247 g/mol. The number of halogens is 1. The topological polar surface area (TPSA) is 68.0 Å². The van der Waals surface area contributed by atoms with E-state index in [1.807, 2.05) is 6.92 Å². The molecule has 0 amide bonds. The molecule has 0 radical (unpaired) electrons. The largest absolute Gasteiger partial charge is 0.362 e. The van der Waals surface area contributed by atoms with Gasteiger partial charge in [-0.15, -0.1) is 14.8 Å². The summed E-state index contributed by atoms with van der Waals surface area (Å²) in [5.74, 6) is 0.335. The summed E-state index contributed by atoms with van der Waals surface area (Å²) in [6.45, 7) is 1.86. The van der Waals surface area contributed by atoms with Gasteiger partial charge in [-0.05, 0) is 35.5 Å². The minimum Gasteiger partial charge on any atom is -0.362 e. The molecule has 0 bridgehead atoms. The quantitative estimate of drug-likeness (QED) is 0.776. The first kappa shape index (κ1) is 11.5. The van der Waals surface area contributed by atoms with Crippen LogP contribution in [-0.2, 0) is 0 Å². The van der Waals surface area contributed by atoms with Crippen LogP contribution >= 0.6 is 0 Å². The normalized spacial score (nSPS) is 12.5. The smallest absolute Gasteiger partial charge is 0.200 e. The zero-order chi connectivity index (χ0) is 13.2. The van der Waals surface area contributed by atoms with Gasteiger partial charge in [0.25, 0.3) is 0 Å². The number of fused-ring (bicyclic) bond motifs is 1. The molecule has 0 aliphatic carbocycles. The van der Waals surface area contributed by atoms with Crippen LogP contribution in [0, 0.1) is 5.82 Å². The summed E-state index contributed by atoms with van der Waals surface area (Å²) in [7, 11) is 0. The fraction of sp³-hybridized carbons (Fsp3) is 0.167. The molecule has 1 atom stereocenters. The molecule has 0 aliphatic rings. The maximum absolute atomic E-state index is 13.6. The lowest BCUT2D eigenvalue weighted by atomic mass is 10.1. The van der Waals surface area contributed by atoms with E-state index in [1.165, 1.54) is 10.7 Å². The first-order valence-corrected chi connectivity index (χ1v) is 5.80. The van der Waals surface area contributed by atoms with E-state index in [4.69, 9.17) is 0 Å². The molecule has 0 saturated heterocycles. The van der Waals surface area contributed by atoms with Crippen LogP contribution in [0.3, 0.4) is 0 Å². The van der Waals surface area contributed by atoms with Crippen LogP contribution in [0.5, 0.6) is 0 Å². The van der Waals surface area contributed by atoms with E-state index in [1.54, 1.807) is 30.3 Å². The van der Waals surface area contributed by atoms with Gasteiger partial charge in [-0.3, -0.25) is 0 Å². The number of hydrogen-bond donors (Lipinski definition) is 1. The number of benzene rings is 1. The second-order valence-electron chi connectivity index (χ2n) is 4.13. The first-order valence-electron chi connectivity index (χ1n) is 5.80. The van der Waals surface area contributed by atoms with Crippen LogP contribution < -0.4 is 5.32 Å². The maximum atomic E-state index is 13.6. The molecule has 0 saturated carbocycles. The molecule has 96 valence electrons. The Morgan fingerprint density at radius 3 is 2.89 bits per heavy atom. The molecule has 2 heterocycles. The van der Waals surface area contributed by atoms with Crippen LogP contribution in [-0.4, -0.2) is 25.3 Å². The molecule has 0 unspecified atom stereocenters. The highest BCUT2D eigenvalue weighted by atomic mass is 19.1. The van der Waals surface area contributed by atoms with Crippen molar-refractivity contribution in [2.75, 3.05) is 5.32 Å². The summed E-state index contributed by atoms with van der Waals surface area (Å²) in [5.41, 5.74) is 1.14. The Morgan fingerprint density at radius 1 is 1.21 bits per heavy atom. The summed E-state index contributed by atoms with van der Waals surface area (Å²) >= 11 is 0. The minimum absolute atomic E-state index is 0.206. The van der Waals surface area contributed by atoms with Gasteiger partial charge in [-0.25, -0.2) is 4.39 Å². The zero-order valence-electron chi connectivity index (χ0n) is 10.2. The van der Waals surface area contributed by atoms with Crippen molar-refractivity contribution < 1.29 is 4.39 Å². The minimum atomic E-state index is -0.244. The molecule has 3 rings (SSSR count). The Labute approximate surface area is 108 Å². The van der Waals surface area contributed by atoms with E-state index < -0.39 is 0 Å². The van der Waals surface area contributed by atoms with Crippen LogP contribution in [0.4, 0.5) is 10.2 Å². The summed E-state index contributed by atoms with van der Waals surface area (Å²) in [4.78, 5) is 0. The third-order valence-electron chi connectivity index (χ3n) is 2.81. The Balaban J connectivity index is 1.86. The van der Waals surface area contributed by atoms with E-state index >= 15 is 0 Å². The Kier molecular flexibility index (Phi) is 2.79. The van der Waals surface area contributed by atoms with Crippen molar-refractivity contribution in [3.05, 3.63) is 47.8 Å². The third kappa shape index (κ3) is 2.22. The first-order chi connectivity index (χ1) is 9.24. The number of tetrazole rings is 1. The zero-order valence-corrected chi connectivity index (χ0v) is 10.2. The second kappa shape index (κ2) is 4.60. The van der Waals surface area contributed by atoms with Crippen molar-refractivity contribution in [1.29, 1.82) is 0 Å². The SMILES string of the molecule is C[C@H](Nc1ccc2nnnn2n1)c1ccccc1F. The predicted octanol–water partition coefficient (Wildman–Crippen LogP) is 1.83. The van der Waals surface area contributed by atoms with Crippen LogP contribution in [0.1, 0.15) is 18.5 Å². The highest BCUT2D eigenvalue weighted by Crippen LogP contribution is 2.20. The number of nitrogens with zero attached hydrogens (tertiary/aromatic N) is 5. The van der Waals surface area contributed by atoms with Crippen molar-refractivity contribution in [2.24, 2.45) is 0 Å². The summed E-state index contributed by atoms with van der Waals surface area (Å²) < 4.78 is 15.0. The van der Waals surface area contributed by atoms with E-state index in [-0.39, 0.29) is 11.9 Å². The lowest BCUT2D eigenvalue weighted by molar-refractivity contribution is 0.599. The maximum Gasteiger partial charge on any atom is 0.200 e. The monoisotopic (exact) mass is 258 g/mol. The number of anilines is 1. The van der Waals surface area contributed by atoms with E-state index in [2.05, 4.69) is 25.9 Å². The molecule has 0 aliphatic heterocycles. The van der Waals surface area contributed by atoms with Gasteiger partial charge in [0, 0.05) is 5.56 Å². The Hall–Kier alpha value is -2.57. The molecular formula is C12H11FN6. The van der Waals surface area contributed by atoms with Crippen molar-refractivity contribution in [3.63, 3.8) is 0 Å². The predicted molar refractivity (Wildman–Crippen MR) is 67.0 cm³/mol. The molecule has 0 fully saturated rings. The third-order valence-corrected chi connectivity index (χ3v) is 2.81. The van der Waals surface area contributed by atoms with E-state index in [9.17, 15) is 4.39 Å². The van der Waals surface area contributed by atoms with Crippen LogP contribution in [0.25, 0.3) is 5.65 Å². The molecule has 1 N–H and O–H groups in total. The van der Waals surface area contributed by atoms with Crippen molar-refractivity contribution in [3.8, 4) is 0 Å². The van der Waals surface area contributed by atoms with Gasteiger partial charge in [0.1, 0.15) is 11.6 Å². The molecule has 3 aromatic rings. The lowest BCUT2D eigenvalue weighted by Gasteiger charge is -2.15. The highest BCUT2D eigenvalue weighted by molar-refractivity contribution is 5.43. The van der Waals surface area contributed by atoms with Crippen LogP contribution in [0.15, 0.2) is 36.4 Å². The van der Waals surface area contributed by atoms with E-state index in [0.29, 0.717) is 17.0 Å². The Bertz CT molecular complexity index is 710. The van der Waals surface area contributed by atoms with Crippen molar-refractivity contribution in [2.45, 2.75) is 13.0 Å². The standard InChI is InChI=1S/C12H11FN6/c1-8(9-4-2-3-5-10(9)13)14-11-6-7-12-15-17-18-19(12)16-11/h2-8H,1H3,(H,14,16)/t8-/m0/s1. The van der Waals surface area contributed by atoms with Gasteiger partial charge >= 0.3 is 0 Å². The van der Waals surface area contributed by atoms with Gasteiger partial charge < -0.3 is 5.32 Å². The van der Waals surface area contributed by atoms with Crippen molar-refractivity contribution in [1.82, 2.24) is 25.3 Å². The van der Waals surface area contributed by atoms with Crippen molar-refractivity contribution >= 4 is 11.5 Å². The highest BCUT2D eigenvalue weighted by Gasteiger charge is 2.11. The number of nitrogens with one attached hydrogen (secondary N) is 1. The molecule has 7 heteroatoms. The average Bonchev–Trinajstić information content (AvgIpc) is 2.86. The average molecular weight is 258 g/mol. The number of rotatable bonds is 3. The molecule has 0 spiro atoms. The number of hydrogen-bond acceptors (Lipinski definition) is 5. The lowest BCUT2D eigenvalue weighted by Crippen LogP contribution is -2.11. The summed E-state index contributed by atoms with van der Waals surface area (Å²) in [6.07, 6.45) is 0. The summed E-state index contributed by atoms with van der Waals surface area (Å²) in [6, 6.07) is 9.93. The molecule has 19 heavy (non-hydrogen) atoms. The van der Waals surface area contributed by atoms with Crippen LogP contribution in [0.2, 0.25) is 0 Å². The fourth-order valence-electron chi connectivity index (χ4n) is 1.85. The van der Waals surface area contributed by atoms with E-state index in [0.717, 1.165) is 0 Å². The Morgan fingerprint density at radius 2 is 2.05 bits per heavy atom. The summed E-state index contributed by atoms with van der Waals surface area (Å²) in [5, 5.41) is 18.3. The second-order valence-corrected chi connectivity index (χ2v) is 4.13. The molecule has 6 nitrogen and oxygen atoms in total. The molecule has 2 aromatic heterocycles. The van der Waals surface area contributed by atoms with Gasteiger partial charge in [0.2, 0.25) is 0 Å². The molecule has 1 aromatic carbocycles. The number of aromatic nitrogens is 5. The van der Waals surface area contributed by atoms with Gasteiger partial charge in [-0.2, -0.15) is 0 Å². The van der Waals surface area contributed by atoms with Gasteiger partial charge in [-0.1, -0.05) is 18.2 Å². The van der Waals surface area contributed by atoms with Gasteiger partial charge in [0.15, 0.2) is 5.65 Å². The fourth-order valence-corrected chi connectivity index (χ4v) is 1.85. The van der Waals surface area contributed by atoms with Gasteiger partial charge in [0.05, 0.1) is 6.04 Å².